The normalized spacial score (nSPS) is 19.1. The Morgan fingerprint density at radius 2 is 1.91 bits per heavy atom. The molecule has 2 aliphatic rings. The van der Waals surface area contributed by atoms with Crippen molar-refractivity contribution in [3.8, 4) is 0 Å². The molecule has 0 bridgehead atoms. The fourth-order valence-electron chi connectivity index (χ4n) is 4.77. The summed E-state index contributed by atoms with van der Waals surface area (Å²) in [6, 6.07) is 12.6. The summed E-state index contributed by atoms with van der Waals surface area (Å²) in [6.45, 7) is 7.70. The number of benzene rings is 2. The van der Waals surface area contributed by atoms with Crippen LogP contribution in [0.4, 0.5) is 20.6 Å². The largest absolute Gasteiger partial charge is 0.382 e. The van der Waals surface area contributed by atoms with Crippen LogP contribution in [0.15, 0.2) is 59.8 Å². The molecular formula is C27H32FN3O3. The van der Waals surface area contributed by atoms with E-state index in [4.69, 9.17) is 4.74 Å². The monoisotopic (exact) mass is 465 g/mol. The van der Waals surface area contributed by atoms with Crippen molar-refractivity contribution in [2.24, 2.45) is 5.41 Å². The number of carbonyl (C=O) groups excluding carboxylic acids is 2. The van der Waals surface area contributed by atoms with Crippen molar-refractivity contribution in [1.82, 2.24) is 5.32 Å². The molecule has 0 aromatic heterocycles. The lowest BCUT2D eigenvalue weighted by Crippen LogP contribution is -2.45. The number of urea groups is 1. The van der Waals surface area contributed by atoms with Crippen molar-refractivity contribution >= 4 is 23.2 Å². The van der Waals surface area contributed by atoms with Crippen molar-refractivity contribution in [1.29, 1.82) is 0 Å². The summed E-state index contributed by atoms with van der Waals surface area (Å²) in [4.78, 5) is 28.8. The van der Waals surface area contributed by atoms with E-state index in [9.17, 15) is 14.0 Å². The van der Waals surface area contributed by atoms with E-state index in [1.807, 2.05) is 31.2 Å². The van der Waals surface area contributed by atoms with E-state index in [2.05, 4.69) is 24.5 Å². The predicted molar refractivity (Wildman–Crippen MR) is 131 cm³/mol. The number of rotatable bonds is 6. The van der Waals surface area contributed by atoms with Gasteiger partial charge in [-0.25, -0.2) is 9.18 Å². The van der Waals surface area contributed by atoms with Crippen LogP contribution >= 0.6 is 0 Å². The van der Waals surface area contributed by atoms with Crippen LogP contribution < -0.4 is 15.5 Å². The molecule has 6 nitrogen and oxygen atoms in total. The van der Waals surface area contributed by atoms with Crippen LogP contribution in [-0.2, 0) is 9.53 Å². The summed E-state index contributed by atoms with van der Waals surface area (Å²) in [7, 11) is 0. The van der Waals surface area contributed by atoms with Crippen molar-refractivity contribution < 1.29 is 18.7 Å². The van der Waals surface area contributed by atoms with Gasteiger partial charge in [0.25, 0.3) is 0 Å². The molecule has 2 N–H and O–H groups in total. The van der Waals surface area contributed by atoms with E-state index in [0.29, 0.717) is 55.8 Å². The van der Waals surface area contributed by atoms with Gasteiger partial charge < -0.3 is 15.4 Å². The molecule has 0 saturated heterocycles. The second kappa shape index (κ2) is 9.97. The van der Waals surface area contributed by atoms with Crippen molar-refractivity contribution in [3.05, 3.63) is 71.2 Å². The van der Waals surface area contributed by atoms with Gasteiger partial charge in [0.05, 0.1) is 17.4 Å². The SMILES string of the molecule is CCOCCCNC(=O)N1c2ccccc2NC2=C(C(=O)CC(C)(C)C2)C1c1ccc(F)cc1. The van der Waals surface area contributed by atoms with E-state index in [0.717, 1.165) is 11.4 Å². The van der Waals surface area contributed by atoms with E-state index < -0.39 is 6.04 Å². The summed E-state index contributed by atoms with van der Waals surface area (Å²) in [5.41, 5.74) is 3.28. The molecule has 2 aromatic carbocycles. The Labute approximate surface area is 200 Å². The van der Waals surface area contributed by atoms with Gasteiger partial charge in [0.1, 0.15) is 5.82 Å². The number of ether oxygens (including phenoxy) is 1. The Hall–Kier alpha value is -3.19. The molecule has 2 amide bonds. The summed E-state index contributed by atoms with van der Waals surface area (Å²) in [6.07, 6.45) is 1.73. The Balaban J connectivity index is 1.82. The lowest BCUT2D eigenvalue weighted by Gasteiger charge is -2.37. The molecular weight excluding hydrogens is 433 g/mol. The van der Waals surface area contributed by atoms with Crippen LogP contribution in [0, 0.1) is 11.2 Å². The number of para-hydroxylation sites is 2. The average molecular weight is 466 g/mol. The van der Waals surface area contributed by atoms with Crippen LogP contribution in [0.25, 0.3) is 0 Å². The maximum Gasteiger partial charge on any atom is 0.322 e. The minimum Gasteiger partial charge on any atom is -0.382 e. The lowest BCUT2D eigenvalue weighted by molar-refractivity contribution is -0.118. The summed E-state index contributed by atoms with van der Waals surface area (Å²) in [5, 5.41) is 6.46. The highest BCUT2D eigenvalue weighted by Crippen LogP contribution is 2.48. The molecule has 4 rings (SSSR count). The van der Waals surface area contributed by atoms with Crippen LogP contribution in [-0.4, -0.2) is 31.6 Å². The molecule has 34 heavy (non-hydrogen) atoms. The minimum absolute atomic E-state index is 0.00460. The highest BCUT2D eigenvalue weighted by molar-refractivity contribution is 6.06. The standard InChI is InChI=1S/C27H32FN3O3/c1-4-34-15-7-14-29-26(33)31-22-9-6-5-8-20(22)30-21-16-27(2,3)17-23(32)24(21)25(31)18-10-12-19(28)13-11-18/h5-6,8-13,25,30H,4,7,14-17H2,1-3H3,(H,29,33). The van der Waals surface area contributed by atoms with Gasteiger partial charge in [-0.2, -0.15) is 0 Å². The topological polar surface area (TPSA) is 70.7 Å². The molecule has 0 radical (unpaired) electrons. The fourth-order valence-corrected chi connectivity index (χ4v) is 4.77. The van der Waals surface area contributed by atoms with E-state index in [1.54, 1.807) is 17.0 Å². The third-order valence-electron chi connectivity index (χ3n) is 6.25. The number of carbonyl (C=O) groups is 2. The zero-order valence-electron chi connectivity index (χ0n) is 20.0. The van der Waals surface area contributed by atoms with Crippen LogP contribution in [0.3, 0.4) is 0 Å². The van der Waals surface area contributed by atoms with E-state index in [1.165, 1.54) is 12.1 Å². The zero-order chi connectivity index (χ0) is 24.3. The average Bonchev–Trinajstić information content (AvgIpc) is 2.93. The molecule has 1 atom stereocenters. The number of nitrogens with zero attached hydrogens (tertiary/aromatic N) is 1. The number of nitrogens with one attached hydrogen (secondary N) is 2. The number of fused-ring (bicyclic) bond motifs is 1. The highest BCUT2D eigenvalue weighted by atomic mass is 19.1. The van der Waals surface area contributed by atoms with E-state index in [-0.39, 0.29) is 23.0 Å². The molecule has 1 aliphatic heterocycles. The molecule has 180 valence electrons. The number of amides is 2. The molecule has 1 heterocycles. The van der Waals surface area contributed by atoms with Crippen molar-refractivity contribution in [2.45, 2.75) is 46.1 Å². The molecule has 1 aliphatic carbocycles. The number of Topliss-reactive ketones (excluding diaryl/α,β-unsaturated/α-hetero) is 1. The Morgan fingerprint density at radius 3 is 2.65 bits per heavy atom. The summed E-state index contributed by atoms with van der Waals surface area (Å²) in [5.74, 6) is -0.372. The number of allylic oxidation sites excluding steroid dienone is 1. The van der Waals surface area contributed by atoms with Crippen LogP contribution in [0.2, 0.25) is 0 Å². The fraction of sp³-hybridized carbons (Fsp3) is 0.407. The molecule has 1 unspecified atom stereocenters. The Morgan fingerprint density at radius 1 is 1.18 bits per heavy atom. The lowest BCUT2D eigenvalue weighted by atomic mass is 9.73. The Kier molecular flexibility index (Phi) is 7.03. The first-order chi connectivity index (χ1) is 16.3. The van der Waals surface area contributed by atoms with Gasteiger partial charge >= 0.3 is 6.03 Å². The van der Waals surface area contributed by atoms with Crippen molar-refractivity contribution in [2.75, 3.05) is 30.0 Å². The van der Waals surface area contributed by atoms with Gasteiger partial charge in [0, 0.05) is 37.4 Å². The molecule has 7 heteroatoms. The minimum atomic E-state index is -0.678. The summed E-state index contributed by atoms with van der Waals surface area (Å²) < 4.78 is 19.2. The number of ketones is 1. The second-order valence-electron chi connectivity index (χ2n) is 9.58. The van der Waals surface area contributed by atoms with Crippen molar-refractivity contribution in [3.63, 3.8) is 0 Å². The van der Waals surface area contributed by atoms with Gasteiger partial charge in [-0.15, -0.1) is 0 Å². The maximum atomic E-state index is 13.8. The number of hydrogen-bond donors (Lipinski definition) is 2. The number of halogens is 1. The third-order valence-corrected chi connectivity index (χ3v) is 6.25. The predicted octanol–water partition coefficient (Wildman–Crippen LogP) is 5.58. The molecule has 0 saturated carbocycles. The maximum absolute atomic E-state index is 13.8. The van der Waals surface area contributed by atoms with Gasteiger partial charge in [0.15, 0.2) is 5.78 Å². The van der Waals surface area contributed by atoms with Gasteiger partial charge in [0.2, 0.25) is 0 Å². The molecule has 0 spiro atoms. The molecule has 0 fully saturated rings. The molecule has 2 aromatic rings. The zero-order valence-corrected chi connectivity index (χ0v) is 20.0. The number of hydrogen-bond acceptors (Lipinski definition) is 4. The van der Waals surface area contributed by atoms with Gasteiger partial charge in [-0.3, -0.25) is 9.69 Å². The first kappa shape index (κ1) is 24.0. The summed E-state index contributed by atoms with van der Waals surface area (Å²) >= 11 is 0. The van der Waals surface area contributed by atoms with Crippen LogP contribution in [0.1, 0.15) is 51.6 Å². The highest BCUT2D eigenvalue weighted by Gasteiger charge is 2.43. The smallest absolute Gasteiger partial charge is 0.322 e. The number of anilines is 2. The second-order valence-corrected chi connectivity index (χ2v) is 9.58. The van der Waals surface area contributed by atoms with Gasteiger partial charge in [-0.1, -0.05) is 38.1 Å². The van der Waals surface area contributed by atoms with E-state index >= 15 is 0 Å². The van der Waals surface area contributed by atoms with Crippen LogP contribution in [0.5, 0.6) is 0 Å². The van der Waals surface area contributed by atoms with Gasteiger partial charge in [-0.05, 0) is 55.0 Å². The quantitative estimate of drug-likeness (QED) is 0.547. The Bertz CT molecular complexity index is 1090. The first-order valence-electron chi connectivity index (χ1n) is 11.8. The first-order valence-corrected chi connectivity index (χ1v) is 11.8. The third kappa shape index (κ3) is 4.99.